The van der Waals surface area contributed by atoms with E-state index in [2.05, 4.69) is 46.2 Å². The van der Waals surface area contributed by atoms with Crippen LogP contribution >= 0.6 is 0 Å². The molecule has 0 aliphatic carbocycles. The maximum Gasteiger partial charge on any atom is 0.0255 e. The molecule has 0 amide bonds. The highest BCUT2D eigenvalue weighted by Gasteiger charge is 2.11. The summed E-state index contributed by atoms with van der Waals surface area (Å²) in [6, 6.07) is 0.630. The van der Waals surface area contributed by atoms with E-state index in [9.17, 15) is 0 Å². The smallest absolute Gasteiger partial charge is 0.0255 e. The molecular weight excluding hydrogens is 146 g/mol. The minimum absolute atomic E-state index is 0.564. The van der Waals surface area contributed by atoms with Gasteiger partial charge in [-0.05, 0) is 19.3 Å². The Balaban J connectivity index is 4.00. The first kappa shape index (κ1) is 11.5. The van der Waals surface area contributed by atoms with Crippen molar-refractivity contribution in [2.75, 3.05) is 7.05 Å². The lowest BCUT2D eigenvalue weighted by atomic mass is 10.1. The Hall–Kier alpha value is -0.460. The van der Waals surface area contributed by atoms with Gasteiger partial charge >= 0.3 is 0 Å². The van der Waals surface area contributed by atoms with Gasteiger partial charge in [-0.15, -0.1) is 0 Å². The standard InChI is InChI=1S/C11H23N/c1-7-8-10(4)12(6)11(5)9(2)3/h9-10H,5,7-8H2,1-4,6H3. The molecule has 0 saturated heterocycles. The summed E-state index contributed by atoms with van der Waals surface area (Å²) >= 11 is 0. The molecule has 1 atom stereocenters. The van der Waals surface area contributed by atoms with Gasteiger partial charge < -0.3 is 4.90 Å². The second-order valence-electron chi connectivity index (χ2n) is 3.89. The molecule has 0 aliphatic rings. The van der Waals surface area contributed by atoms with Crippen LogP contribution in [0.5, 0.6) is 0 Å². The van der Waals surface area contributed by atoms with Gasteiger partial charge in [0.1, 0.15) is 0 Å². The molecule has 0 aromatic rings. The van der Waals surface area contributed by atoms with Crippen LogP contribution in [0, 0.1) is 5.92 Å². The van der Waals surface area contributed by atoms with Crippen LogP contribution in [0.1, 0.15) is 40.5 Å². The van der Waals surface area contributed by atoms with Crippen LogP contribution in [0.15, 0.2) is 12.3 Å². The Kier molecular flexibility index (Phi) is 5.03. The molecule has 12 heavy (non-hydrogen) atoms. The highest BCUT2D eigenvalue weighted by atomic mass is 15.1. The number of allylic oxidation sites excluding steroid dienone is 1. The summed E-state index contributed by atoms with van der Waals surface area (Å²) in [6.07, 6.45) is 2.50. The maximum absolute atomic E-state index is 4.08. The lowest BCUT2D eigenvalue weighted by Gasteiger charge is -2.30. The van der Waals surface area contributed by atoms with Gasteiger partial charge in [0, 0.05) is 18.8 Å². The molecule has 0 saturated carbocycles. The SMILES string of the molecule is C=C(C(C)C)N(C)C(C)CCC. The predicted molar refractivity (Wildman–Crippen MR) is 56.1 cm³/mol. The summed E-state index contributed by atoms with van der Waals surface area (Å²) in [7, 11) is 2.14. The Morgan fingerprint density at radius 3 is 2.17 bits per heavy atom. The van der Waals surface area contributed by atoms with E-state index in [1.165, 1.54) is 18.5 Å². The zero-order chi connectivity index (χ0) is 9.72. The average Bonchev–Trinajstić information content (AvgIpc) is 2.02. The van der Waals surface area contributed by atoms with E-state index < -0.39 is 0 Å². The highest BCUT2D eigenvalue weighted by Crippen LogP contribution is 2.16. The normalized spacial score (nSPS) is 13.2. The van der Waals surface area contributed by atoms with E-state index in [0.29, 0.717) is 12.0 Å². The molecule has 1 unspecified atom stereocenters. The summed E-state index contributed by atoms with van der Waals surface area (Å²) in [6.45, 7) is 13.0. The molecule has 0 aliphatic heterocycles. The van der Waals surface area contributed by atoms with Crippen LogP contribution in [0.2, 0.25) is 0 Å². The molecule has 72 valence electrons. The van der Waals surface area contributed by atoms with Crippen molar-refractivity contribution >= 4 is 0 Å². The minimum Gasteiger partial charge on any atom is -0.375 e. The van der Waals surface area contributed by atoms with Gasteiger partial charge in [0.25, 0.3) is 0 Å². The van der Waals surface area contributed by atoms with Crippen LogP contribution in [0.3, 0.4) is 0 Å². The molecule has 1 nitrogen and oxygen atoms in total. The predicted octanol–water partition coefficient (Wildman–Crippen LogP) is 3.28. The van der Waals surface area contributed by atoms with Gasteiger partial charge in [0.05, 0.1) is 0 Å². The van der Waals surface area contributed by atoms with Crippen molar-refractivity contribution in [1.82, 2.24) is 4.90 Å². The molecule has 0 spiro atoms. The van der Waals surface area contributed by atoms with Crippen molar-refractivity contribution < 1.29 is 0 Å². The molecule has 0 rings (SSSR count). The van der Waals surface area contributed by atoms with E-state index in [1.54, 1.807) is 0 Å². The first-order chi connectivity index (χ1) is 5.50. The number of nitrogens with zero attached hydrogens (tertiary/aromatic N) is 1. The van der Waals surface area contributed by atoms with E-state index in [1.807, 2.05) is 0 Å². The molecule has 0 N–H and O–H groups in total. The molecule has 0 aromatic carbocycles. The average molecular weight is 169 g/mol. The number of rotatable bonds is 5. The van der Waals surface area contributed by atoms with E-state index in [0.717, 1.165) is 0 Å². The Morgan fingerprint density at radius 1 is 1.33 bits per heavy atom. The van der Waals surface area contributed by atoms with Gasteiger partial charge in [-0.3, -0.25) is 0 Å². The third-order valence-electron chi connectivity index (χ3n) is 2.49. The summed E-state index contributed by atoms with van der Waals surface area (Å²) in [5.41, 5.74) is 1.25. The van der Waals surface area contributed by atoms with Crippen molar-refractivity contribution in [2.45, 2.75) is 46.6 Å². The fourth-order valence-electron chi connectivity index (χ4n) is 1.30. The second kappa shape index (κ2) is 5.23. The zero-order valence-corrected chi connectivity index (χ0v) is 9.22. The Labute approximate surface area is 77.5 Å². The molecular formula is C11H23N. The van der Waals surface area contributed by atoms with E-state index >= 15 is 0 Å². The molecule has 0 heterocycles. The van der Waals surface area contributed by atoms with Crippen LogP contribution in [0.4, 0.5) is 0 Å². The van der Waals surface area contributed by atoms with Crippen molar-refractivity contribution in [3.05, 3.63) is 12.3 Å². The topological polar surface area (TPSA) is 3.24 Å². The van der Waals surface area contributed by atoms with Crippen molar-refractivity contribution in [1.29, 1.82) is 0 Å². The minimum atomic E-state index is 0.564. The Morgan fingerprint density at radius 2 is 1.83 bits per heavy atom. The summed E-state index contributed by atoms with van der Waals surface area (Å²) in [5, 5.41) is 0. The Bertz CT molecular complexity index is 138. The lowest BCUT2D eigenvalue weighted by Crippen LogP contribution is -2.29. The summed E-state index contributed by atoms with van der Waals surface area (Å²) < 4.78 is 0. The van der Waals surface area contributed by atoms with Gasteiger partial charge in [-0.25, -0.2) is 0 Å². The molecule has 0 radical (unpaired) electrons. The number of hydrogen-bond acceptors (Lipinski definition) is 1. The van der Waals surface area contributed by atoms with Crippen molar-refractivity contribution in [2.24, 2.45) is 5.92 Å². The van der Waals surface area contributed by atoms with Gasteiger partial charge in [0.15, 0.2) is 0 Å². The van der Waals surface area contributed by atoms with E-state index in [-0.39, 0.29) is 0 Å². The fourth-order valence-corrected chi connectivity index (χ4v) is 1.30. The largest absolute Gasteiger partial charge is 0.375 e. The van der Waals surface area contributed by atoms with Gasteiger partial charge in [0.2, 0.25) is 0 Å². The zero-order valence-electron chi connectivity index (χ0n) is 9.22. The second-order valence-corrected chi connectivity index (χ2v) is 3.89. The molecule has 1 heteroatoms. The fraction of sp³-hybridized carbons (Fsp3) is 0.818. The third kappa shape index (κ3) is 3.29. The maximum atomic E-state index is 4.08. The van der Waals surface area contributed by atoms with E-state index in [4.69, 9.17) is 0 Å². The van der Waals surface area contributed by atoms with Crippen LogP contribution in [-0.2, 0) is 0 Å². The van der Waals surface area contributed by atoms with Crippen molar-refractivity contribution in [3.8, 4) is 0 Å². The van der Waals surface area contributed by atoms with Crippen LogP contribution < -0.4 is 0 Å². The first-order valence-corrected chi connectivity index (χ1v) is 4.92. The highest BCUT2D eigenvalue weighted by molar-refractivity contribution is 4.97. The van der Waals surface area contributed by atoms with Gasteiger partial charge in [-0.2, -0.15) is 0 Å². The first-order valence-electron chi connectivity index (χ1n) is 4.92. The molecule has 0 fully saturated rings. The number of hydrogen-bond donors (Lipinski definition) is 0. The lowest BCUT2D eigenvalue weighted by molar-refractivity contribution is 0.282. The summed E-state index contributed by atoms with van der Waals surface area (Å²) in [4.78, 5) is 2.30. The monoisotopic (exact) mass is 169 g/mol. The molecule has 0 aromatic heterocycles. The summed E-state index contributed by atoms with van der Waals surface area (Å²) in [5.74, 6) is 0.564. The van der Waals surface area contributed by atoms with Crippen LogP contribution in [-0.4, -0.2) is 18.0 Å². The third-order valence-corrected chi connectivity index (χ3v) is 2.49. The van der Waals surface area contributed by atoms with Gasteiger partial charge in [-0.1, -0.05) is 33.8 Å². The van der Waals surface area contributed by atoms with Crippen molar-refractivity contribution in [3.63, 3.8) is 0 Å². The molecule has 0 bridgehead atoms. The van der Waals surface area contributed by atoms with Crippen LogP contribution in [0.25, 0.3) is 0 Å². The quantitative estimate of drug-likeness (QED) is 0.610.